The third-order valence-electron chi connectivity index (χ3n) is 4.36. The maximum atomic E-state index is 12.8. The Labute approximate surface area is 149 Å². The van der Waals surface area contributed by atoms with Crippen molar-refractivity contribution >= 4 is 21.4 Å². The molecule has 0 bridgehead atoms. The zero-order valence-corrected chi connectivity index (χ0v) is 15.4. The van der Waals surface area contributed by atoms with E-state index in [1.807, 2.05) is 30.3 Å². The summed E-state index contributed by atoms with van der Waals surface area (Å²) in [6, 6.07) is 14.5. The lowest BCUT2D eigenvalue weighted by Gasteiger charge is -2.30. The zero-order valence-electron chi connectivity index (χ0n) is 14.6. The van der Waals surface area contributed by atoms with Crippen LogP contribution in [0.3, 0.4) is 0 Å². The van der Waals surface area contributed by atoms with Crippen molar-refractivity contribution in [3.05, 3.63) is 54.1 Å². The molecule has 1 N–H and O–H groups in total. The molecule has 0 atom stereocenters. The summed E-state index contributed by atoms with van der Waals surface area (Å²) in [7, 11) is -3.62. The fourth-order valence-corrected chi connectivity index (χ4v) is 3.95. The fraction of sp³-hybridized carbons (Fsp3) is 0.368. The molecule has 1 aliphatic rings. The van der Waals surface area contributed by atoms with Gasteiger partial charge in [0.15, 0.2) is 0 Å². The quantitative estimate of drug-likeness (QED) is 0.887. The second kappa shape index (κ2) is 7.45. The fourth-order valence-electron chi connectivity index (χ4n) is 2.88. The van der Waals surface area contributed by atoms with Crippen LogP contribution < -0.4 is 9.62 Å². The maximum Gasteiger partial charge on any atom is 0.261 e. The molecule has 134 valence electrons. The van der Waals surface area contributed by atoms with Gasteiger partial charge in [0.05, 0.1) is 29.5 Å². The highest BCUT2D eigenvalue weighted by atomic mass is 32.2. The molecule has 6 heteroatoms. The van der Waals surface area contributed by atoms with Gasteiger partial charge in [-0.1, -0.05) is 38.1 Å². The first-order valence-corrected chi connectivity index (χ1v) is 10.0. The summed E-state index contributed by atoms with van der Waals surface area (Å²) in [5, 5.41) is 0. The number of hydrogen-bond acceptors (Lipinski definition) is 4. The van der Waals surface area contributed by atoms with E-state index in [0.29, 0.717) is 24.8 Å². The highest BCUT2D eigenvalue weighted by Gasteiger charge is 2.19. The third kappa shape index (κ3) is 4.14. The maximum absolute atomic E-state index is 12.8. The van der Waals surface area contributed by atoms with Crippen molar-refractivity contribution in [3.63, 3.8) is 0 Å². The Bertz CT molecular complexity index is 811. The standard InChI is InChI=1S/C19H24N2O3S/c1-15(2)16-7-9-17(10-8-16)25(22,23)20-18-5-3-4-6-19(18)21-11-13-24-14-12-21/h3-10,15,20H,11-14H2,1-2H3. The Kier molecular flexibility index (Phi) is 5.30. The van der Waals surface area contributed by atoms with Gasteiger partial charge in [0.1, 0.15) is 0 Å². The molecule has 1 aliphatic heterocycles. The van der Waals surface area contributed by atoms with Crippen LogP contribution in [-0.4, -0.2) is 34.7 Å². The van der Waals surface area contributed by atoms with Gasteiger partial charge in [-0.3, -0.25) is 4.72 Å². The minimum atomic E-state index is -3.62. The molecule has 1 heterocycles. The molecule has 0 spiro atoms. The number of morpholine rings is 1. The molecule has 1 fully saturated rings. The molecule has 2 aromatic rings. The van der Waals surface area contributed by atoms with Crippen LogP contribution in [0.2, 0.25) is 0 Å². The van der Waals surface area contributed by atoms with Gasteiger partial charge in [-0.25, -0.2) is 8.42 Å². The monoisotopic (exact) mass is 360 g/mol. The number of para-hydroxylation sites is 2. The van der Waals surface area contributed by atoms with Gasteiger partial charge in [-0.15, -0.1) is 0 Å². The van der Waals surface area contributed by atoms with Gasteiger partial charge < -0.3 is 9.64 Å². The number of ether oxygens (including phenoxy) is 1. The van der Waals surface area contributed by atoms with Crippen LogP contribution in [0, 0.1) is 0 Å². The van der Waals surface area contributed by atoms with Crippen molar-refractivity contribution in [2.24, 2.45) is 0 Å². The lowest BCUT2D eigenvalue weighted by Crippen LogP contribution is -2.36. The normalized spacial score (nSPS) is 15.4. The molecular weight excluding hydrogens is 336 g/mol. The van der Waals surface area contributed by atoms with E-state index in [0.717, 1.165) is 24.3 Å². The first kappa shape index (κ1) is 17.8. The summed E-state index contributed by atoms with van der Waals surface area (Å²) < 4.78 is 33.6. The van der Waals surface area contributed by atoms with E-state index in [4.69, 9.17) is 4.74 Å². The van der Waals surface area contributed by atoms with Gasteiger partial charge in [-0.2, -0.15) is 0 Å². The molecular formula is C19H24N2O3S. The first-order chi connectivity index (χ1) is 12.0. The molecule has 0 saturated carbocycles. The second-order valence-electron chi connectivity index (χ2n) is 6.45. The van der Waals surface area contributed by atoms with Crippen LogP contribution in [0.4, 0.5) is 11.4 Å². The molecule has 0 radical (unpaired) electrons. The molecule has 1 saturated heterocycles. The number of anilines is 2. The lowest BCUT2D eigenvalue weighted by atomic mass is 10.0. The van der Waals surface area contributed by atoms with Crippen molar-refractivity contribution in [2.75, 3.05) is 35.9 Å². The van der Waals surface area contributed by atoms with Crippen LogP contribution in [0.5, 0.6) is 0 Å². The predicted molar refractivity (Wildman–Crippen MR) is 101 cm³/mol. The minimum absolute atomic E-state index is 0.272. The summed E-state index contributed by atoms with van der Waals surface area (Å²) >= 11 is 0. The van der Waals surface area contributed by atoms with E-state index < -0.39 is 10.0 Å². The molecule has 0 amide bonds. The summed E-state index contributed by atoms with van der Waals surface area (Å²) in [6.45, 7) is 6.97. The van der Waals surface area contributed by atoms with E-state index in [1.165, 1.54) is 0 Å². The van der Waals surface area contributed by atoms with E-state index in [9.17, 15) is 8.42 Å². The van der Waals surface area contributed by atoms with Crippen LogP contribution >= 0.6 is 0 Å². The van der Waals surface area contributed by atoms with Crippen molar-refractivity contribution in [2.45, 2.75) is 24.7 Å². The summed E-state index contributed by atoms with van der Waals surface area (Å²) in [4.78, 5) is 2.41. The van der Waals surface area contributed by atoms with E-state index in [2.05, 4.69) is 23.5 Å². The van der Waals surface area contributed by atoms with E-state index in [-0.39, 0.29) is 4.90 Å². The third-order valence-corrected chi connectivity index (χ3v) is 5.74. The van der Waals surface area contributed by atoms with Crippen molar-refractivity contribution < 1.29 is 13.2 Å². The second-order valence-corrected chi connectivity index (χ2v) is 8.13. The largest absolute Gasteiger partial charge is 0.378 e. The van der Waals surface area contributed by atoms with E-state index >= 15 is 0 Å². The molecule has 0 aromatic heterocycles. The molecule has 0 unspecified atom stereocenters. The smallest absolute Gasteiger partial charge is 0.261 e. The number of sulfonamides is 1. The van der Waals surface area contributed by atoms with Crippen LogP contribution in [0.25, 0.3) is 0 Å². The van der Waals surface area contributed by atoms with Gasteiger partial charge in [0.25, 0.3) is 10.0 Å². The Hall–Kier alpha value is -2.05. The van der Waals surface area contributed by atoms with Gasteiger partial charge in [0.2, 0.25) is 0 Å². The number of benzene rings is 2. The summed E-state index contributed by atoms with van der Waals surface area (Å²) in [5.74, 6) is 0.367. The van der Waals surface area contributed by atoms with E-state index in [1.54, 1.807) is 18.2 Å². The van der Waals surface area contributed by atoms with Gasteiger partial charge in [-0.05, 0) is 35.7 Å². The number of hydrogen-bond donors (Lipinski definition) is 1. The molecule has 3 rings (SSSR count). The summed E-state index contributed by atoms with van der Waals surface area (Å²) in [5.41, 5.74) is 2.60. The number of rotatable bonds is 5. The van der Waals surface area contributed by atoms with Crippen molar-refractivity contribution in [3.8, 4) is 0 Å². The molecule has 0 aliphatic carbocycles. The topological polar surface area (TPSA) is 58.6 Å². The molecule has 2 aromatic carbocycles. The SMILES string of the molecule is CC(C)c1ccc(S(=O)(=O)Nc2ccccc2N2CCOCC2)cc1. The van der Waals surface area contributed by atoms with Crippen LogP contribution in [0.1, 0.15) is 25.3 Å². The van der Waals surface area contributed by atoms with Gasteiger partial charge in [0, 0.05) is 13.1 Å². The molecule has 5 nitrogen and oxygen atoms in total. The first-order valence-electron chi connectivity index (χ1n) is 8.52. The van der Waals surface area contributed by atoms with Gasteiger partial charge >= 0.3 is 0 Å². The Balaban J connectivity index is 1.85. The lowest BCUT2D eigenvalue weighted by molar-refractivity contribution is 0.123. The van der Waals surface area contributed by atoms with Crippen LogP contribution in [-0.2, 0) is 14.8 Å². The summed E-state index contributed by atoms with van der Waals surface area (Å²) in [6.07, 6.45) is 0. The highest BCUT2D eigenvalue weighted by molar-refractivity contribution is 7.92. The minimum Gasteiger partial charge on any atom is -0.378 e. The molecule has 25 heavy (non-hydrogen) atoms. The Morgan fingerprint density at radius 1 is 1.00 bits per heavy atom. The predicted octanol–water partition coefficient (Wildman–Crippen LogP) is 3.45. The average molecular weight is 360 g/mol. The Morgan fingerprint density at radius 3 is 2.28 bits per heavy atom. The highest BCUT2D eigenvalue weighted by Crippen LogP contribution is 2.29. The number of nitrogens with zero attached hydrogens (tertiary/aromatic N) is 1. The van der Waals surface area contributed by atoms with Crippen molar-refractivity contribution in [1.82, 2.24) is 0 Å². The Morgan fingerprint density at radius 2 is 1.64 bits per heavy atom. The van der Waals surface area contributed by atoms with Crippen LogP contribution in [0.15, 0.2) is 53.4 Å². The average Bonchev–Trinajstić information content (AvgIpc) is 2.63. The van der Waals surface area contributed by atoms with Crippen molar-refractivity contribution in [1.29, 1.82) is 0 Å². The number of nitrogens with one attached hydrogen (secondary N) is 1. The zero-order chi connectivity index (χ0) is 17.9.